The summed E-state index contributed by atoms with van der Waals surface area (Å²) < 4.78 is 14.7. The standard InChI is InChI=1S/C16H19FN6O.C15H21N3O3/c17-13-15(20-8-11-3-1-5-19-7-11)21-10-22-16(13)23-6-2-4-12(9-23)14(18)24;1-17-8-10-18(11-9-17)15(21)16-13-5-2-12(3-6-13)4-7-14(19)20/h1,3,5,7,10,12H,2,4,6,8-9H2,(H2,18,24)(H,20,21,22);2-3,5-6H,4,7-11H2,1H3,(H,16,21)(H,19,20). The number of anilines is 3. The average molecular weight is 622 g/mol. The molecule has 0 saturated carbocycles. The first-order valence-electron chi connectivity index (χ1n) is 14.9. The van der Waals surface area contributed by atoms with Gasteiger partial charge in [0.1, 0.15) is 6.33 Å². The van der Waals surface area contributed by atoms with Crippen molar-refractivity contribution in [3.63, 3.8) is 0 Å². The van der Waals surface area contributed by atoms with Crippen molar-refractivity contribution < 1.29 is 23.9 Å². The summed E-state index contributed by atoms with van der Waals surface area (Å²) in [5, 5.41) is 14.5. The smallest absolute Gasteiger partial charge is 0.321 e. The van der Waals surface area contributed by atoms with E-state index in [9.17, 15) is 18.8 Å². The molecule has 0 aliphatic carbocycles. The molecule has 5 N–H and O–H groups in total. The van der Waals surface area contributed by atoms with Gasteiger partial charge in [-0.1, -0.05) is 18.2 Å². The summed E-state index contributed by atoms with van der Waals surface area (Å²) in [7, 11) is 2.05. The first-order chi connectivity index (χ1) is 21.7. The van der Waals surface area contributed by atoms with Crippen molar-refractivity contribution in [3.8, 4) is 0 Å². The van der Waals surface area contributed by atoms with Crippen molar-refractivity contribution in [1.29, 1.82) is 0 Å². The van der Waals surface area contributed by atoms with E-state index < -0.39 is 11.8 Å². The Hall–Kier alpha value is -4.85. The van der Waals surface area contributed by atoms with Gasteiger partial charge in [0.05, 0.1) is 5.92 Å². The number of carbonyl (C=O) groups is 3. The number of amides is 3. The molecule has 0 spiro atoms. The molecule has 2 aliphatic heterocycles. The van der Waals surface area contributed by atoms with Crippen molar-refractivity contribution in [2.75, 3.05) is 61.8 Å². The van der Waals surface area contributed by atoms with Crippen LogP contribution in [0.25, 0.3) is 0 Å². The van der Waals surface area contributed by atoms with Crippen LogP contribution >= 0.6 is 0 Å². The molecule has 2 aliphatic rings. The van der Waals surface area contributed by atoms with Crippen molar-refractivity contribution >= 4 is 35.2 Å². The van der Waals surface area contributed by atoms with E-state index in [-0.39, 0.29) is 35.9 Å². The van der Waals surface area contributed by atoms with Gasteiger partial charge in [-0.25, -0.2) is 14.8 Å². The number of carboxylic acids is 1. The number of aryl methyl sites for hydroxylation is 1. The number of piperidine rings is 1. The summed E-state index contributed by atoms with van der Waals surface area (Å²) in [5.74, 6) is -1.63. The molecule has 45 heavy (non-hydrogen) atoms. The zero-order valence-electron chi connectivity index (χ0n) is 25.4. The van der Waals surface area contributed by atoms with Crippen LogP contribution in [0.5, 0.6) is 0 Å². The van der Waals surface area contributed by atoms with Gasteiger partial charge in [-0.3, -0.25) is 14.6 Å². The van der Waals surface area contributed by atoms with Crippen LogP contribution in [0.3, 0.4) is 0 Å². The van der Waals surface area contributed by atoms with Crippen molar-refractivity contribution in [1.82, 2.24) is 24.8 Å². The molecule has 1 atom stereocenters. The van der Waals surface area contributed by atoms with Crippen molar-refractivity contribution in [2.45, 2.75) is 32.2 Å². The Kier molecular flexibility index (Phi) is 12.0. The summed E-state index contributed by atoms with van der Waals surface area (Å²) in [4.78, 5) is 51.8. The van der Waals surface area contributed by atoms with Crippen LogP contribution in [0.2, 0.25) is 0 Å². The molecule has 2 fully saturated rings. The number of carboxylic acid groups (broad SMARTS) is 1. The molecule has 14 heteroatoms. The fraction of sp³-hybridized carbons (Fsp3) is 0.419. The van der Waals surface area contributed by atoms with Gasteiger partial charge in [-0.05, 0) is 55.6 Å². The molecular weight excluding hydrogens is 581 g/mol. The Balaban J connectivity index is 0.000000207. The fourth-order valence-electron chi connectivity index (χ4n) is 5.01. The number of pyridine rings is 1. The molecule has 0 bridgehead atoms. The van der Waals surface area contributed by atoms with E-state index in [1.807, 2.05) is 43.4 Å². The van der Waals surface area contributed by atoms with Crippen LogP contribution in [0.4, 0.5) is 26.5 Å². The number of hydrogen-bond donors (Lipinski definition) is 4. The molecule has 4 heterocycles. The zero-order valence-corrected chi connectivity index (χ0v) is 25.4. The van der Waals surface area contributed by atoms with E-state index in [1.54, 1.807) is 22.2 Å². The third-order valence-corrected chi connectivity index (χ3v) is 7.70. The normalized spacial score (nSPS) is 16.7. The van der Waals surface area contributed by atoms with E-state index in [2.05, 4.69) is 30.5 Å². The van der Waals surface area contributed by atoms with E-state index in [4.69, 9.17) is 10.8 Å². The number of nitrogens with one attached hydrogen (secondary N) is 2. The Morgan fingerprint density at radius 1 is 1.04 bits per heavy atom. The molecule has 13 nitrogen and oxygen atoms in total. The number of nitrogens with two attached hydrogens (primary N) is 1. The Morgan fingerprint density at radius 3 is 2.47 bits per heavy atom. The first-order valence-corrected chi connectivity index (χ1v) is 14.9. The van der Waals surface area contributed by atoms with E-state index in [1.165, 1.54) is 6.33 Å². The van der Waals surface area contributed by atoms with Crippen molar-refractivity contribution in [3.05, 3.63) is 72.1 Å². The van der Waals surface area contributed by atoms with Crippen molar-refractivity contribution in [2.24, 2.45) is 11.7 Å². The van der Waals surface area contributed by atoms with Crippen LogP contribution in [-0.4, -0.2) is 94.1 Å². The largest absolute Gasteiger partial charge is 0.481 e. The minimum absolute atomic E-state index is 0.0821. The maximum atomic E-state index is 14.7. The molecule has 3 aromatic rings. The number of likely N-dealkylation sites (N-methyl/N-ethyl adjacent to an activating group) is 1. The number of aromatic nitrogens is 3. The molecule has 1 unspecified atom stereocenters. The summed E-state index contributed by atoms with van der Waals surface area (Å²) in [6, 6.07) is 10.9. The van der Waals surface area contributed by atoms with Gasteiger partial charge in [0, 0.05) is 70.3 Å². The molecule has 1 aromatic carbocycles. The predicted molar refractivity (Wildman–Crippen MR) is 168 cm³/mol. The maximum Gasteiger partial charge on any atom is 0.321 e. The Morgan fingerprint density at radius 2 is 1.80 bits per heavy atom. The number of hydrogen-bond acceptors (Lipinski definition) is 9. The van der Waals surface area contributed by atoms with Crippen LogP contribution < -0.4 is 21.3 Å². The lowest BCUT2D eigenvalue weighted by atomic mass is 9.97. The predicted octanol–water partition coefficient (Wildman–Crippen LogP) is 2.81. The quantitative estimate of drug-likeness (QED) is 0.279. The van der Waals surface area contributed by atoms with Crippen LogP contribution in [0.15, 0.2) is 55.1 Å². The molecule has 3 amide bonds. The van der Waals surface area contributed by atoms with E-state index in [0.717, 1.165) is 55.8 Å². The van der Waals surface area contributed by atoms with E-state index in [0.29, 0.717) is 26.1 Å². The van der Waals surface area contributed by atoms with Crippen LogP contribution in [-0.2, 0) is 22.6 Å². The molecule has 5 rings (SSSR count). The topological polar surface area (TPSA) is 170 Å². The molecule has 2 aromatic heterocycles. The lowest BCUT2D eigenvalue weighted by Gasteiger charge is -2.32. The molecule has 0 radical (unpaired) electrons. The highest BCUT2D eigenvalue weighted by Crippen LogP contribution is 2.26. The fourth-order valence-corrected chi connectivity index (χ4v) is 5.01. The van der Waals surface area contributed by atoms with Gasteiger partial charge in [-0.15, -0.1) is 0 Å². The zero-order chi connectivity index (χ0) is 32.2. The number of carbonyl (C=O) groups excluding carboxylic acids is 2. The minimum atomic E-state index is -0.803. The number of urea groups is 1. The number of primary amides is 1. The number of rotatable bonds is 9. The Labute approximate surface area is 261 Å². The number of benzene rings is 1. The minimum Gasteiger partial charge on any atom is -0.481 e. The number of halogens is 1. The van der Waals surface area contributed by atoms with Gasteiger partial charge >= 0.3 is 12.0 Å². The highest BCUT2D eigenvalue weighted by molar-refractivity contribution is 5.89. The molecular formula is C31H40FN9O4. The molecule has 240 valence electrons. The number of piperazine rings is 1. The second kappa shape index (κ2) is 16.3. The lowest BCUT2D eigenvalue weighted by Crippen LogP contribution is -2.48. The SMILES string of the molecule is CN1CCN(C(=O)Nc2ccc(CCC(=O)O)cc2)CC1.NC(=O)C1CCCN(c2ncnc(NCc3cccnc3)c2F)C1. The first kappa shape index (κ1) is 33.1. The monoisotopic (exact) mass is 621 g/mol. The summed E-state index contributed by atoms with van der Waals surface area (Å²) >= 11 is 0. The second-order valence-corrected chi connectivity index (χ2v) is 11.1. The van der Waals surface area contributed by atoms with Gasteiger partial charge in [0.2, 0.25) is 11.7 Å². The van der Waals surface area contributed by atoms with Gasteiger partial charge in [-0.2, -0.15) is 4.39 Å². The third-order valence-electron chi connectivity index (χ3n) is 7.70. The number of nitrogens with zero attached hydrogens (tertiary/aromatic N) is 6. The van der Waals surface area contributed by atoms with Crippen LogP contribution in [0.1, 0.15) is 30.4 Å². The maximum absolute atomic E-state index is 14.7. The van der Waals surface area contributed by atoms with Gasteiger partial charge in [0.25, 0.3) is 0 Å². The third kappa shape index (κ3) is 10.1. The highest BCUT2D eigenvalue weighted by Gasteiger charge is 2.27. The average Bonchev–Trinajstić information content (AvgIpc) is 3.05. The van der Waals surface area contributed by atoms with Gasteiger partial charge in [0.15, 0.2) is 11.6 Å². The summed E-state index contributed by atoms with van der Waals surface area (Å²) in [6.07, 6.45) is 6.82. The van der Waals surface area contributed by atoms with E-state index >= 15 is 0 Å². The lowest BCUT2D eigenvalue weighted by molar-refractivity contribution is -0.137. The van der Waals surface area contributed by atoms with Gasteiger partial charge < -0.3 is 36.2 Å². The Bertz CT molecular complexity index is 1420. The second-order valence-electron chi connectivity index (χ2n) is 11.1. The number of aliphatic carboxylic acids is 1. The molecule has 2 saturated heterocycles. The van der Waals surface area contributed by atoms with Crippen LogP contribution in [0, 0.1) is 11.7 Å². The summed E-state index contributed by atoms with van der Waals surface area (Å²) in [6.45, 7) is 4.68. The highest BCUT2D eigenvalue weighted by atomic mass is 19.1. The summed E-state index contributed by atoms with van der Waals surface area (Å²) in [5.41, 5.74) is 7.99.